The van der Waals surface area contributed by atoms with Crippen molar-refractivity contribution in [3.8, 4) is 11.5 Å². The fraction of sp³-hybridized carbons (Fsp3) is 0.185. The lowest BCUT2D eigenvalue weighted by Gasteiger charge is -2.09. The summed E-state index contributed by atoms with van der Waals surface area (Å²) in [6.45, 7) is 1.73. The van der Waals surface area contributed by atoms with E-state index in [0.29, 0.717) is 40.0 Å². The molecular weight excluding hydrogens is 432 g/mol. The van der Waals surface area contributed by atoms with Crippen LogP contribution in [-0.2, 0) is 16.0 Å². The van der Waals surface area contributed by atoms with E-state index in [1.54, 1.807) is 42.5 Å². The van der Waals surface area contributed by atoms with Crippen molar-refractivity contribution in [2.75, 3.05) is 13.2 Å². The van der Waals surface area contributed by atoms with Crippen molar-refractivity contribution in [1.82, 2.24) is 10.3 Å². The van der Waals surface area contributed by atoms with Crippen LogP contribution in [0.1, 0.15) is 39.6 Å². The Morgan fingerprint density at radius 3 is 2.53 bits per heavy atom. The van der Waals surface area contributed by atoms with E-state index in [1.165, 1.54) is 13.2 Å². The Morgan fingerprint density at radius 2 is 1.79 bits per heavy atom. The highest BCUT2D eigenvalue weighted by Crippen LogP contribution is 2.25. The number of para-hydroxylation sites is 1. The van der Waals surface area contributed by atoms with Gasteiger partial charge in [-0.15, -0.1) is 0 Å². The number of nitrogens with zero attached hydrogens (tertiary/aromatic N) is 1. The number of hydrogen-bond acceptors (Lipinski definition) is 6. The molecule has 0 aliphatic heterocycles. The first-order valence-electron chi connectivity index (χ1n) is 11.0. The molecule has 7 nitrogen and oxygen atoms in total. The molecule has 7 heteroatoms. The quantitative estimate of drug-likeness (QED) is 0.224. The van der Waals surface area contributed by atoms with Crippen LogP contribution in [0.4, 0.5) is 0 Å². The SMILES string of the molecule is CC(=O)NCCCc1ccc(C(=O)COC(=O)c2cc(-c3ccco3)nc3ccccc23)cc1. The molecule has 1 N–H and O–H groups in total. The van der Waals surface area contributed by atoms with E-state index in [4.69, 9.17) is 9.15 Å². The number of ketones is 1. The van der Waals surface area contributed by atoms with Gasteiger partial charge in [0, 0.05) is 24.4 Å². The minimum Gasteiger partial charge on any atom is -0.463 e. The van der Waals surface area contributed by atoms with E-state index in [-0.39, 0.29) is 18.3 Å². The van der Waals surface area contributed by atoms with Crippen LogP contribution in [0.5, 0.6) is 0 Å². The first-order valence-corrected chi connectivity index (χ1v) is 11.0. The van der Waals surface area contributed by atoms with Crippen LogP contribution >= 0.6 is 0 Å². The van der Waals surface area contributed by atoms with Crippen LogP contribution in [0.25, 0.3) is 22.4 Å². The summed E-state index contributed by atoms with van der Waals surface area (Å²) in [7, 11) is 0. The smallest absolute Gasteiger partial charge is 0.339 e. The van der Waals surface area contributed by atoms with E-state index in [0.717, 1.165) is 18.4 Å². The first-order chi connectivity index (χ1) is 16.5. The third-order valence-electron chi connectivity index (χ3n) is 5.34. The summed E-state index contributed by atoms with van der Waals surface area (Å²) >= 11 is 0. The number of hydrogen-bond donors (Lipinski definition) is 1. The van der Waals surface area contributed by atoms with Crippen LogP contribution in [0.3, 0.4) is 0 Å². The van der Waals surface area contributed by atoms with Gasteiger partial charge in [-0.05, 0) is 42.7 Å². The molecule has 1 amide bonds. The number of Topliss-reactive ketones (excluding diaryl/α,β-unsaturated/α-hetero) is 1. The average Bonchev–Trinajstić information content (AvgIpc) is 3.40. The normalized spacial score (nSPS) is 10.7. The number of aromatic nitrogens is 1. The Kier molecular flexibility index (Phi) is 7.13. The number of pyridine rings is 1. The Morgan fingerprint density at radius 1 is 1.00 bits per heavy atom. The Bertz CT molecular complexity index is 1310. The zero-order chi connectivity index (χ0) is 23.9. The van der Waals surface area contributed by atoms with Crippen LogP contribution in [0.15, 0.2) is 77.4 Å². The van der Waals surface area contributed by atoms with Gasteiger partial charge in [-0.3, -0.25) is 9.59 Å². The van der Waals surface area contributed by atoms with Crippen molar-refractivity contribution in [3.05, 3.63) is 89.7 Å². The predicted molar refractivity (Wildman–Crippen MR) is 128 cm³/mol. The topological polar surface area (TPSA) is 98.5 Å². The number of rotatable bonds is 9. The minimum atomic E-state index is -0.602. The maximum Gasteiger partial charge on any atom is 0.339 e. The first kappa shape index (κ1) is 22.9. The van der Waals surface area contributed by atoms with Gasteiger partial charge in [0.25, 0.3) is 0 Å². The summed E-state index contributed by atoms with van der Waals surface area (Å²) in [6, 6.07) is 19.6. The third-order valence-corrected chi connectivity index (χ3v) is 5.34. The van der Waals surface area contributed by atoms with Gasteiger partial charge < -0.3 is 14.5 Å². The highest BCUT2D eigenvalue weighted by atomic mass is 16.5. The number of ether oxygens (including phenoxy) is 1. The molecule has 0 unspecified atom stereocenters. The number of amides is 1. The van der Waals surface area contributed by atoms with E-state index in [2.05, 4.69) is 10.3 Å². The predicted octanol–water partition coefficient (Wildman–Crippen LogP) is 4.60. The lowest BCUT2D eigenvalue weighted by Crippen LogP contribution is -2.21. The van der Waals surface area contributed by atoms with E-state index >= 15 is 0 Å². The molecule has 0 aliphatic rings. The molecule has 34 heavy (non-hydrogen) atoms. The molecule has 0 bridgehead atoms. The van der Waals surface area contributed by atoms with Gasteiger partial charge in [0.05, 0.1) is 17.3 Å². The molecule has 4 aromatic rings. The lowest BCUT2D eigenvalue weighted by molar-refractivity contribution is -0.118. The second-order valence-electron chi connectivity index (χ2n) is 7.83. The number of esters is 1. The number of benzene rings is 2. The number of carbonyl (C=O) groups is 3. The molecule has 0 aliphatic carbocycles. The molecular formula is C27H24N2O5. The van der Waals surface area contributed by atoms with Gasteiger partial charge in [-0.1, -0.05) is 42.5 Å². The summed E-state index contributed by atoms with van der Waals surface area (Å²) in [5.74, 6) is -0.405. The van der Waals surface area contributed by atoms with Gasteiger partial charge in [0.1, 0.15) is 5.69 Å². The van der Waals surface area contributed by atoms with Crippen molar-refractivity contribution in [1.29, 1.82) is 0 Å². The van der Waals surface area contributed by atoms with Crippen LogP contribution in [-0.4, -0.2) is 35.8 Å². The third kappa shape index (κ3) is 5.56. The fourth-order valence-electron chi connectivity index (χ4n) is 3.60. The largest absolute Gasteiger partial charge is 0.463 e. The molecule has 172 valence electrons. The second kappa shape index (κ2) is 10.6. The summed E-state index contributed by atoms with van der Waals surface area (Å²) in [5, 5.41) is 3.40. The average molecular weight is 456 g/mol. The molecule has 0 radical (unpaired) electrons. The highest BCUT2D eigenvalue weighted by molar-refractivity contribution is 6.06. The molecule has 0 saturated heterocycles. The van der Waals surface area contributed by atoms with Gasteiger partial charge in [-0.25, -0.2) is 9.78 Å². The van der Waals surface area contributed by atoms with Crippen LogP contribution < -0.4 is 5.32 Å². The van der Waals surface area contributed by atoms with E-state index in [1.807, 2.05) is 24.3 Å². The lowest BCUT2D eigenvalue weighted by atomic mass is 10.1. The van der Waals surface area contributed by atoms with Crippen molar-refractivity contribution < 1.29 is 23.5 Å². The Labute approximate surface area is 196 Å². The van der Waals surface area contributed by atoms with Crippen molar-refractivity contribution in [2.45, 2.75) is 19.8 Å². The van der Waals surface area contributed by atoms with Crippen molar-refractivity contribution in [3.63, 3.8) is 0 Å². The number of aryl methyl sites for hydroxylation is 1. The van der Waals surface area contributed by atoms with Gasteiger partial charge in [0.15, 0.2) is 18.2 Å². The maximum atomic E-state index is 12.9. The zero-order valence-electron chi connectivity index (χ0n) is 18.7. The summed E-state index contributed by atoms with van der Waals surface area (Å²) in [5.41, 5.74) is 2.99. The second-order valence-corrected chi connectivity index (χ2v) is 7.83. The van der Waals surface area contributed by atoms with Gasteiger partial charge in [0.2, 0.25) is 5.91 Å². The molecule has 0 spiro atoms. The number of nitrogens with one attached hydrogen (secondary N) is 1. The molecule has 0 saturated carbocycles. The standard InChI is InChI=1S/C27H24N2O5/c1-18(30)28-14-4-6-19-10-12-20(13-11-19)25(31)17-34-27(32)22-16-24(26-9-5-15-33-26)29-23-8-3-2-7-21(22)23/h2-3,5,7-13,15-16H,4,6,14,17H2,1H3,(H,28,30). The van der Waals surface area contributed by atoms with Crippen molar-refractivity contribution in [2.24, 2.45) is 0 Å². The fourth-order valence-corrected chi connectivity index (χ4v) is 3.60. The van der Waals surface area contributed by atoms with Gasteiger partial charge in [-0.2, -0.15) is 0 Å². The van der Waals surface area contributed by atoms with Crippen LogP contribution in [0, 0.1) is 0 Å². The number of fused-ring (bicyclic) bond motifs is 1. The summed E-state index contributed by atoms with van der Waals surface area (Å²) in [4.78, 5) is 41.0. The summed E-state index contributed by atoms with van der Waals surface area (Å²) in [6.07, 6.45) is 3.14. The summed E-state index contributed by atoms with van der Waals surface area (Å²) < 4.78 is 10.8. The number of carbonyl (C=O) groups excluding carboxylic acids is 3. The number of furan rings is 1. The van der Waals surface area contributed by atoms with E-state index in [9.17, 15) is 14.4 Å². The van der Waals surface area contributed by atoms with Crippen LogP contribution in [0.2, 0.25) is 0 Å². The maximum absolute atomic E-state index is 12.9. The van der Waals surface area contributed by atoms with Crippen molar-refractivity contribution >= 4 is 28.6 Å². The monoisotopic (exact) mass is 456 g/mol. The molecule has 0 atom stereocenters. The molecule has 0 fully saturated rings. The Balaban J connectivity index is 1.41. The van der Waals surface area contributed by atoms with E-state index < -0.39 is 5.97 Å². The molecule has 2 aromatic carbocycles. The molecule has 2 aromatic heterocycles. The molecule has 2 heterocycles. The van der Waals surface area contributed by atoms with Gasteiger partial charge >= 0.3 is 5.97 Å². The minimum absolute atomic E-state index is 0.0487. The highest BCUT2D eigenvalue weighted by Gasteiger charge is 2.18. The Hall–Kier alpha value is -4.26. The molecule has 4 rings (SSSR count). The zero-order valence-corrected chi connectivity index (χ0v) is 18.7.